The van der Waals surface area contributed by atoms with Gasteiger partial charge >= 0.3 is 0 Å². The van der Waals surface area contributed by atoms with Crippen molar-refractivity contribution in [3.63, 3.8) is 0 Å². The predicted octanol–water partition coefficient (Wildman–Crippen LogP) is 4.27. The Labute approximate surface area is 185 Å². The minimum absolute atomic E-state index is 0.201. The number of hydrogen-bond donors (Lipinski definition) is 1. The van der Waals surface area contributed by atoms with Crippen LogP contribution in [0.5, 0.6) is 0 Å². The third-order valence-electron chi connectivity index (χ3n) is 5.17. The average Bonchev–Trinajstić information content (AvgIpc) is 3.38. The number of hydrogen-bond acceptors (Lipinski definition) is 4. The van der Waals surface area contributed by atoms with Crippen LogP contribution >= 0.6 is 11.6 Å². The lowest BCUT2D eigenvalue weighted by molar-refractivity contribution is 0.0939. The summed E-state index contributed by atoms with van der Waals surface area (Å²) in [5.41, 5.74) is 5.13. The van der Waals surface area contributed by atoms with E-state index < -0.39 is 0 Å². The maximum Gasteiger partial charge on any atom is 0.256 e. The molecule has 2 heterocycles. The van der Waals surface area contributed by atoms with Crippen LogP contribution in [-0.2, 0) is 6.54 Å². The van der Waals surface area contributed by atoms with E-state index in [1.54, 1.807) is 22.6 Å². The molecule has 0 saturated heterocycles. The normalized spacial score (nSPS) is 12.0. The van der Waals surface area contributed by atoms with Gasteiger partial charge in [0.2, 0.25) is 0 Å². The van der Waals surface area contributed by atoms with E-state index in [1.807, 2.05) is 62.4 Å². The highest BCUT2D eigenvalue weighted by atomic mass is 35.5. The van der Waals surface area contributed by atoms with Crippen LogP contribution in [0.25, 0.3) is 5.69 Å². The third-order valence-corrected chi connectivity index (χ3v) is 5.55. The van der Waals surface area contributed by atoms with E-state index in [-0.39, 0.29) is 11.9 Å². The first kappa shape index (κ1) is 20.8. The third kappa shape index (κ3) is 4.51. The Morgan fingerprint density at radius 2 is 1.81 bits per heavy atom. The molecule has 0 aliphatic carbocycles. The van der Waals surface area contributed by atoms with E-state index in [0.29, 0.717) is 23.0 Å². The molecule has 158 valence electrons. The van der Waals surface area contributed by atoms with E-state index in [0.717, 1.165) is 16.8 Å². The van der Waals surface area contributed by atoms with Gasteiger partial charge in [-0.05, 0) is 44.0 Å². The number of aromatic nitrogens is 5. The van der Waals surface area contributed by atoms with Gasteiger partial charge in [0.15, 0.2) is 0 Å². The van der Waals surface area contributed by atoms with Gasteiger partial charge in [0.25, 0.3) is 5.91 Å². The van der Waals surface area contributed by atoms with Crippen LogP contribution in [0.4, 0.5) is 0 Å². The molecular weight excluding hydrogens is 412 g/mol. The SMILES string of the molecule is Cc1ccc(Cn2nc(C)c(C(=O)NC(C)c3ccc(-n4cncn4)cc3)c2Cl)cc1. The van der Waals surface area contributed by atoms with Gasteiger partial charge in [-0.2, -0.15) is 10.2 Å². The van der Waals surface area contributed by atoms with Crippen molar-refractivity contribution in [2.75, 3.05) is 0 Å². The quantitative estimate of drug-likeness (QED) is 0.491. The molecule has 4 rings (SSSR count). The van der Waals surface area contributed by atoms with Crippen LogP contribution in [0.1, 0.15) is 45.7 Å². The zero-order valence-corrected chi connectivity index (χ0v) is 18.3. The van der Waals surface area contributed by atoms with Gasteiger partial charge in [0.1, 0.15) is 17.8 Å². The summed E-state index contributed by atoms with van der Waals surface area (Å²) in [6.45, 7) is 6.28. The number of amides is 1. The molecule has 1 N–H and O–H groups in total. The molecule has 8 heteroatoms. The first-order valence-corrected chi connectivity index (χ1v) is 10.3. The molecule has 0 saturated carbocycles. The van der Waals surface area contributed by atoms with E-state index in [2.05, 4.69) is 20.5 Å². The van der Waals surface area contributed by atoms with E-state index >= 15 is 0 Å². The topological polar surface area (TPSA) is 77.6 Å². The van der Waals surface area contributed by atoms with Crippen molar-refractivity contribution in [3.8, 4) is 5.69 Å². The molecule has 0 spiro atoms. The molecule has 2 aromatic carbocycles. The molecule has 0 aliphatic heterocycles. The second-order valence-corrected chi connectivity index (χ2v) is 7.88. The van der Waals surface area contributed by atoms with E-state index in [1.165, 1.54) is 11.9 Å². The molecule has 1 amide bonds. The molecule has 2 aromatic heterocycles. The Balaban J connectivity index is 1.48. The summed E-state index contributed by atoms with van der Waals surface area (Å²) in [6.07, 6.45) is 3.13. The van der Waals surface area contributed by atoms with Gasteiger partial charge in [0, 0.05) is 0 Å². The number of aryl methyl sites for hydroxylation is 2. The second kappa shape index (κ2) is 8.73. The fourth-order valence-corrected chi connectivity index (χ4v) is 3.71. The van der Waals surface area contributed by atoms with Crippen LogP contribution in [0.3, 0.4) is 0 Å². The maximum absolute atomic E-state index is 13.0. The van der Waals surface area contributed by atoms with E-state index in [9.17, 15) is 4.79 Å². The first-order valence-electron chi connectivity index (χ1n) is 9.96. The summed E-state index contributed by atoms with van der Waals surface area (Å²) >= 11 is 6.54. The minimum Gasteiger partial charge on any atom is -0.345 e. The lowest BCUT2D eigenvalue weighted by Crippen LogP contribution is -2.27. The molecule has 0 fully saturated rings. The zero-order valence-electron chi connectivity index (χ0n) is 17.6. The number of rotatable bonds is 6. The molecule has 4 aromatic rings. The standard InChI is InChI=1S/C23H23ClN6O/c1-15-4-6-18(7-5-15)12-29-22(24)21(17(3)28-29)23(31)27-16(2)19-8-10-20(11-9-19)30-14-25-13-26-30/h4-11,13-14,16H,12H2,1-3H3,(H,27,31). The molecular formula is C23H23ClN6O. The van der Waals surface area contributed by atoms with Crippen molar-refractivity contribution in [3.05, 3.63) is 94.3 Å². The molecule has 1 atom stereocenters. The summed E-state index contributed by atoms with van der Waals surface area (Å²) in [5, 5.41) is 12.0. The highest BCUT2D eigenvalue weighted by Crippen LogP contribution is 2.23. The number of nitrogens with zero attached hydrogens (tertiary/aromatic N) is 5. The molecule has 0 radical (unpaired) electrons. The fraction of sp³-hybridized carbons (Fsp3) is 0.217. The van der Waals surface area contributed by atoms with Crippen molar-refractivity contribution in [2.24, 2.45) is 0 Å². The molecule has 7 nitrogen and oxygen atoms in total. The second-order valence-electron chi connectivity index (χ2n) is 7.52. The number of halogens is 1. The maximum atomic E-state index is 13.0. The van der Waals surface area contributed by atoms with Crippen LogP contribution < -0.4 is 5.32 Å². The summed E-state index contributed by atoms with van der Waals surface area (Å²) in [7, 11) is 0. The molecule has 0 bridgehead atoms. The lowest BCUT2D eigenvalue weighted by atomic mass is 10.1. The van der Waals surface area contributed by atoms with Gasteiger partial charge in [-0.25, -0.2) is 14.3 Å². The summed E-state index contributed by atoms with van der Waals surface area (Å²) in [4.78, 5) is 16.9. The van der Waals surface area contributed by atoms with Crippen LogP contribution in [0, 0.1) is 13.8 Å². The Bertz CT molecular complexity index is 1180. The van der Waals surface area contributed by atoms with Crippen LogP contribution in [0.15, 0.2) is 61.2 Å². The lowest BCUT2D eigenvalue weighted by Gasteiger charge is -2.15. The molecule has 0 aliphatic rings. The largest absolute Gasteiger partial charge is 0.345 e. The van der Waals surface area contributed by atoms with Gasteiger partial charge in [-0.1, -0.05) is 53.6 Å². The number of carbonyl (C=O) groups is 1. The van der Waals surface area contributed by atoms with Gasteiger partial charge in [-0.3, -0.25) is 4.79 Å². The number of benzene rings is 2. The Kier molecular flexibility index (Phi) is 5.86. The monoisotopic (exact) mass is 434 g/mol. The van der Waals surface area contributed by atoms with Crippen molar-refractivity contribution < 1.29 is 4.79 Å². The van der Waals surface area contributed by atoms with Crippen LogP contribution in [-0.4, -0.2) is 30.5 Å². The minimum atomic E-state index is -0.245. The van der Waals surface area contributed by atoms with Gasteiger partial charge in [0.05, 0.1) is 29.5 Å². The summed E-state index contributed by atoms with van der Waals surface area (Å²) < 4.78 is 3.34. The smallest absolute Gasteiger partial charge is 0.256 e. The fourth-order valence-electron chi connectivity index (χ4n) is 3.39. The summed E-state index contributed by atoms with van der Waals surface area (Å²) in [6, 6.07) is 15.7. The first-order chi connectivity index (χ1) is 14.9. The van der Waals surface area contributed by atoms with Crippen molar-refractivity contribution in [1.82, 2.24) is 29.9 Å². The number of nitrogens with one attached hydrogen (secondary N) is 1. The molecule has 31 heavy (non-hydrogen) atoms. The predicted molar refractivity (Wildman–Crippen MR) is 119 cm³/mol. The highest BCUT2D eigenvalue weighted by Gasteiger charge is 2.22. The molecule has 1 unspecified atom stereocenters. The Morgan fingerprint density at radius 1 is 1.10 bits per heavy atom. The van der Waals surface area contributed by atoms with Crippen molar-refractivity contribution >= 4 is 17.5 Å². The van der Waals surface area contributed by atoms with Crippen molar-refractivity contribution in [2.45, 2.75) is 33.4 Å². The van der Waals surface area contributed by atoms with Crippen LogP contribution in [0.2, 0.25) is 5.15 Å². The number of carbonyl (C=O) groups excluding carboxylic acids is 1. The Hall–Kier alpha value is -3.45. The van der Waals surface area contributed by atoms with E-state index in [4.69, 9.17) is 11.6 Å². The van der Waals surface area contributed by atoms with Gasteiger partial charge in [-0.15, -0.1) is 0 Å². The van der Waals surface area contributed by atoms with Crippen molar-refractivity contribution in [1.29, 1.82) is 0 Å². The van der Waals surface area contributed by atoms with Gasteiger partial charge < -0.3 is 5.32 Å². The highest BCUT2D eigenvalue weighted by molar-refractivity contribution is 6.33. The zero-order chi connectivity index (χ0) is 22.0. The summed E-state index contributed by atoms with van der Waals surface area (Å²) in [5.74, 6) is -0.245. The Morgan fingerprint density at radius 3 is 2.45 bits per heavy atom. The average molecular weight is 435 g/mol.